The van der Waals surface area contributed by atoms with Crippen LogP contribution >= 0.6 is 0 Å². The van der Waals surface area contributed by atoms with E-state index in [4.69, 9.17) is 4.74 Å². The molecule has 4 aromatic rings. The summed E-state index contributed by atoms with van der Waals surface area (Å²) < 4.78 is 5.70. The molecule has 6 rings (SSSR count). The Morgan fingerprint density at radius 1 is 1.00 bits per heavy atom. The molecule has 4 aromatic carbocycles. The lowest BCUT2D eigenvalue weighted by atomic mass is 9.51. The zero-order valence-electron chi connectivity index (χ0n) is 23.5. The molecule has 42 heavy (non-hydrogen) atoms. The number of carbonyl (C=O) groups is 1. The first kappa shape index (κ1) is 27.6. The van der Waals surface area contributed by atoms with Gasteiger partial charge in [-0.3, -0.25) is 10.1 Å². The van der Waals surface area contributed by atoms with Crippen LogP contribution in [0.1, 0.15) is 65.2 Å². The fourth-order valence-corrected chi connectivity index (χ4v) is 7.09. The molecule has 0 spiro atoms. The maximum absolute atomic E-state index is 12.8. The Labute approximate surface area is 245 Å². The van der Waals surface area contributed by atoms with Gasteiger partial charge in [0, 0.05) is 17.5 Å². The van der Waals surface area contributed by atoms with Crippen LogP contribution in [0, 0.1) is 16.0 Å². The number of nitro groups is 1. The van der Waals surface area contributed by atoms with Gasteiger partial charge in [0.1, 0.15) is 11.4 Å². The number of rotatable bonds is 6. The highest BCUT2D eigenvalue weighted by atomic mass is 16.6. The SMILES string of the molecule is CC[C@@]12CC(=Cc3ccccc3)[C@](O)(c3ccccc3)C[C@H]1CCc1cc(OC(=O)c3ccc([N+](=O)[O-])cc3)ccc12. The number of aliphatic hydroxyl groups is 1. The zero-order chi connectivity index (χ0) is 29.3. The summed E-state index contributed by atoms with van der Waals surface area (Å²) in [4.78, 5) is 23.3. The van der Waals surface area contributed by atoms with Crippen molar-refractivity contribution in [1.29, 1.82) is 0 Å². The lowest BCUT2D eigenvalue weighted by Gasteiger charge is -2.54. The Morgan fingerprint density at radius 3 is 2.36 bits per heavy atom. The summed E-state index contributed by atoms with van der Waals surface area (Å²) >= 11 is 0. The van der Waals surface area contributed by atoms with Crippen molar-refractivity contribution in [1.82, 2.24) is 0 Å². The molecule has 212 valence electrons. The molecule has 2 aliphatic rings. The first-order valence-electron chi connectivity index (χ1n) is 14.5. The summed E-state index contributed by atoms with van der Waals surface area (Å²) in [6.07, 6.45) is 6.20. The van der Waals surface area contributed by atoms with E-state index in [1.807, 2.05) is 60.7 Å². The molecule has 0 aromatic heterocycles. The maximum atomic E-state index is 12.8. The second kappa shape index (κ2) is 11.0. The zero-order valence-corrected chi connectivity index (χ0v) is 23.5. The molecule has 1 N–H and O–H groups in total. The quantitative estimate of drug-likeness (QED) is 0.113. The van der Waals surface area contributed by atoms with Crippen molar-refractivity contribution in [2.24, 2.45) is 5.92 Å². The van der Waals surface area contributed by atoms with Gasteiger partial charge in [-0.1, -0.05) is 79.7 Å². The maximum Gasteiger partial charge on any atom is 0.343 e. The molecule has 1 fully saturated rings. The monoisotopic (exact) mass is 559 g/mol. The molecule has 0 radical (unpaired) electrons. The molecule has 0 aliphatic heterocycles. The van der Waals surface area contributed by atoms with Gasteiger partial charge in [0.2, 0.25) is 0 Å². The fraction of sp³-hybridized carbons (Fsp3) is 0.250. The molecule has 0 saturated heterocycles. The number of aryl methyl sites for hydroxylation is 1. The van der Waals surface area contributed by atoms with Gasteiger partial charge in [0.15, 0.2) is 0 Å². The van der Waals surface area contributed by atoms with Crippen molar-refractivity contribution in [3.63, 3.8) is 0 Å². The number of ether oxygens (including phenoxy) is 1. The van der Waals surface area contributed by atoms with E-state index < -0.39 is 16.5 Å². The van der Waals surface area contributed by atoms with E-state index in [2.05, 4.69) is 31.2 Å². The highest BCUT2D eigenvalue weighted by molar-refractivity contribution is 5.91. The molecule has 0 unspecified atom stereocenters. The van der Waals surface area contributed by atoms with Crippen molar-refractivity contribution >= 4 is 17.7 Å². The lowest BCUT2D eigenvalue weighted by molar-refractivity contribution is -0.384. The number of nitro benzene ring substituents is 1. The number of non-ortho nitro benzene ring substituents is 1. The van der Waals surface area contributed by atoms with Crippen LogP contribution < -0.4 is 4.74 Å². The minimum atomic E-state index is -1.06. The molecule has 2 aliphatic carbocycles. The van der Waals surface area contributed by atoms with Crippen molar-refractivity contribution in [2.45, 2.75) is 50.0 Å². The third-order valence-corrected chi connectivity index (χ3v) is 9.28. The number of hydrogen-bond acceptors (Lipinski definition) is 5. The van der Waals surface area contributed by atoms with E-state index in [0.717, 1.165) is 47.9 Å². The number of fused-ring (bicyclic) bond motifs is 3. The molecule has 6 nitrogen and oxygen atoms in total. The Morgan fingerprint density at radius 2 is 1.69 bits per heavy atom. The van der Waals surface area contributed by atoms with Crippen LogP contribution in [0.4, 0.5) is 5.69 Å². The van der Waals surface area contributed by atoms with Gasteiger partial charge >= 0.3 is 5.97 Å². The molecular formula is C36H33NO5. The predicted molar refractivity (Wildman–Crippen MR) is 162 cm³/mol. The van der Waals surface area contributed by atoms with E-state index in [0.29, 0.717) is 12.2 Å². The standard InChI is InChI=1S/C36H33NO5/c1-2-35-23-30(21-25-9-5-3-6-10-25)36(39,28-11-7-4-8-12-28)24-29(35)16-13-27-22-32(19-20-33(27)35)42-34(38)26-14-17-31(18-15-26)37(40)41/h3-12,14-15,17-22,29,39H,2,13,16,23-24H2,1H3/t29-,35-,36-/m1/s1. The second-order valence-electron chi connectivity index (χ2n) is 11.4. The molecule has 0 heterocycles. The van der Waals surface area contributed by atoms with Crippen molar-refractivity contribution in [3.05, 3.63) is 147 Å². The lowest BCUT2D eigenvalue weighted by Crippen LogP contribution is -2.50. The smallest absolute Gasteiger partial charge is 0.343 e. The molecular weight excluding hydrogens is 526 g/mol. The number of hydrogen-bond donors (Lipinski definition) is 1. The molecule has 3 atom stereocenters. The summed E-state index contributed by atoms with van der Waals surface area (Å²) in [5.74, 6) is 0.183. The van der Waals surface area contributed by atoms with Crippen molar-refractivity contribution in [2.75, 3.05) is 0 Å². The highest BCUT2D eigenvalue weighted by Crippen LogP contribution is 2.59. The van der Waals surface area contributed by atoms with Gasteiger partial charge in [-0.25, -0.2) is 4.79 Å². The van der Waals surface area contributed by atoms with E-state index >= 15 is 0 Å². The number of esters is 1. The van der Waals surface area contributed by atoms with Crippen LogP contribution in [-0.2, 0) is 17.4 Å². The number of carbonyl (C=O) groups excluding carboxylic acids is 1. The minimum Gasteiger partial charge on any atom is -0.423 e. The van der Waals surface area contributed by atoms with Gasteiger partial charge in [-0.05, 0) is 90.1 Å². The van der Waals surface area contributed by atoms with E-state index in [1.165, 1.54) is 29.8 Å². The van der Waals surface area contributed by atoms with E-state index in [1.54, 1.807) is 0 Å². The Kier molecular flexibility index (Phi) is 7.25. The first-order chi connectivity index (χ1) is 20.3. The average molecular weight is 560 g/mol. The summed E-state index contributed by atoms with van der Waals surface area (Å²) in [6, 6.07) is 31.5. The largest absolute Gasteiger partial charge is 0.423 e. The average Bonchev–Trinajstić information content (AvgIpc) is 3.02. The van der Waals surface area contributed by atoms with Crippen LogP contribution in [0.25, 0.3) is 6.08 Å². The van der Waals surface area contributed by atoms with Gasteiger partial charge in [0.05, 0.1) is 10.5 Å². The van der Waals surface area contributed by atoms with Crippen molar-refractivity contribution < 1.29 is 19.6 Å². The van der Waals surface area contributed by atoms with Crippen LogP contribution in [0.3, 0.4) is 0 Å². The van der Waals surface area contributed by atoms with Crippen molar-refractivity contribution in [3.8, 4) is 5.75 Å². The van der Waals surface area contributed by atoms with Crippen LogP contribution in [0.15, 0.2) is 109 Å². The molecule has 0 bridgehead atoms. The summed E-state index contributed by atoms with van der Waals surface area (Å²) in [5, 5.41) is 23.3. The van der Waals surface area contributed by atoms with Gasteiger partial charge in [-0.15, -0.1) is 0 Å². The third kappa shape index (κ3) is 4.92. The van der Waals surface area contributed by atoms with Gasteiger partial charge in [-0.2, -0.15) is 0 Å². The molecule has 1 saturated carbocycles. The highest BCUT2D eigenvalue weighted by Gasteiger charge is 2.53. The minimum absolute atomic E-state index is 0.0768. The summed E-state index contributed by atoms with van der Waals surface area (Å²) in [5.41, 5.74) is 4.39. The van der Waals surface area contributed by atoms with E-state index in [9.17, 15) is 20.0 Å². The Hall–Kier alpha value is -4.55. The fourth-order valence-electron chi connectivity index (χ4n) is 7.09. The normalized spacial score (nSPS) is 24.0. The van der Waals surface area contributed by atoms with Gasteiger partial charge in [0.25, 0.3) is 5.69 Å². The third-order valence-electron chi connectivity index (χ3n) is 9.28. The number of nitrogens with zero attached hydrogens (tertiary/aromatic N) is 1. The van der Waals surface area contributed by atoms with Crippen LogP contribution in [0.2, 0.25) is 0 Å². The Balaban J connectivity index is 1.34. The summed E-state index contributed by atoms with van der Waals surface area (Å²) in [6.45, 7) is 2.23. The van der Waals surface area contributed by atoms with E-state index in [-0.39, 0.29) is 22.6 Å². The Bertz CT molecular complexity index is 1650. The predicted octanol–water partition coefficient (Wildman–Crippen LogP) is 7.79. The summed E-state index contributed by atoms with van der Waals surface area (Å²) in [7, 11) is 0. The van der Waals surface area contributed by atoms with Gasteiger partial charge < -0.3 is 9.84 Å². The van der Waals surface area contributed by atoms with Crippen LogP contribution in [-0.4, -0.2) is 16.0 Å². The van der Waals surface area contributed by atoms with Crippen LogP contribution in [0.5, 0.6) is 5.75 Å². The topological polar surface area (TPSA) is 89.7 Å². The first-order valence-corrected chi connectivity index (χ1v) is 14.5. The number of benzene rings is 4. The molecule has 6 heteroatoms. The second-order valence-corrected chi connectivity index (χ2v) is 11.4. The molecule has 0 amide bonds.